The Morgan fingerprint density at radius 3 is 2.42 bits per heavy atom. The molecule has 1 fully saturated rings. The van der Waals surface area contributed by atoms with E-state index in [4.69, 9.17) is 4.74 Å². The lowest BCUT2D eigenvalue weighted by atomic mass is 10.2. The molecule has 0 aromatic heterocycles. The van der Waals surface area contributed by atoms with Crippen LogP contribution < -0.4 is 9.64 Å². The second-order valence-electron chi connectivity index (χ2n) is 5.89. The minimum absolute atomic E-state index is 0.0254. The average Bonchev–Trinajstić information content (AvgIpc) is 2.66. The van der Waals surface area contributed by atoms with Gasteiger partial charge < -0.3 is 14.5 Å². The molecule has 0 saturated carbocycles. The fourth-order valence-electron chi connectivity index (χ4n) is 2.79. The van der Waals surface area contributed by atoms with Crippen LogP contribution in [0.3, 0.4) is 0 Å². The zero-order valence-electron chi connectivity index (χ0n) is 14.0. The van der Waals surface area contributed by atoms with E-state index in [1.54, 1.807) is 17.0 Å². The predicted octanol–water partition coefficient (Wildman–Crippen LogP) is 2.93. The number of hydrogen-bond donors (Lipinski definition) is 0. The van der Waals surface area contributed by atoms with Crippen LogP contribution in [0.2, 0.25) is 0 Å². The number of ether oxygens (including phenoxy) is 1. The van der Waals surface area contributed by atoms with Crippen LogP contribution >= 0.6 is 22.6 Å². The van der Waals surface area contributed by atoms with Crippen molar-refractivity contribution < 1.29 is 14.5 Å². The standard InChI is InChI=1S/C18H18IN3O4/c19-14-2-1-3-17(12-14)26-13-18(23)21-10-8-20(9-11-21)15-4-6-16(7-5-15)22(24)25/h1-7,12H,8-11,13H2. The van der Waals surface area contributed by atoms with Crippen molar-refractivity contribution in [2.75, 3.05) is 37.7 Å². The highest BCUT2D eigenvalue weighted by Gasteiger charge is 2.22. The second-order valence-corrected chi connectivity index (χ2v) is 7.13. The molecule has 8 heteroatoms. The van der Waals surface area contributed by atoms with E-state index in [2.05, 4.69) is 27.5 Å². The van der Waals surface area contributed by atoms with E-state index in [9.17, 15) is 14.9 Å². The molecular weight excluding hydrogens is 449 g/mol. The maximum absolute atomic E-state index is 12.3. The Hall–Kier alpha value is -2.36. The normalized spacial score (nSPS) is 14.2. The Balaban J connectivity index is 1.49. The SMILES string of the molecule is O=C(COc1cccc(I)c1)N1CCN(c2ccc([N+](=O)[O-])cc2)CC1. The maximum Gasteiger partial charge on any atom is 0.269 e. The maximum atomic E-state index is 12.3. The summed E-state index contributed by atoms with van der Waals surface area (Å²) in [5.41, 5.74) is 1.01. The van der Waals surface area contributed by atoms with Crippen LogP contribution in [-0.2, 0) is 4.79 Å². The van der Waals surface area contributed by atoms with Gasteiger partial charge in [0.2, 0.25) is 0 Å². The van der Waals surface area contributed by atoms with Crippen LogP contribution in [0.15, 0.2) is 48.5 Å². The summed E-state index contributed by atoms with van der Waals surface area (Å²) in [4.78, 5) is 26.5. The second kappa shape index (κ2) is 8.35. The number of anilines is 1. The van der Waals surface area contributed by atoms with Crippen molar-refractivity contribution in [3.8, 4) is 5.75 Å². The number of piperazine rings is 1. The largest absolute Gasteiger partial charge is 0.484 e. The van der Waals surface area contributed by atoms with Crippen LogP contribution in [0.1, 0.15) is 0 Å². The van der Waals surface area contributed by atoms with E-state index >= 15 is 0 Å². The van der Waals surface area contributed by atoms with E-state index in [0.717, 1.165) is 9.26 Å². The van der Waals surface area contributed by atoms with Crippen molar-refractivity contribution in [2.45, 2.75) is 0 Å². The number of carbonyl (C=O) groups is 1. The quantitative estimate of drug-likeness (QED) is 0.384. The van der Waals surface area contributed by atoms with Crippen molar-refractivity contribution in [3.63, 3.8) is 0 Å². The molecule has 1 aliphatic rings. The highest BCUT2D eigenvalue weighted by molar-refractivity contribution is 14.1. The minimum Gasteiger partial charge on any atom is -0.484 e. The fourth-order valence-corrected chi connectivity index (χ4v) is 3.31. The molecule has 0 aliphatic carbocycles. The van der Waals surface area contributed by atoms with Crippen LogP contribution in [-0.4, -0.2) is 48.5 Å². The third kappa shape index (κ3) is 4.63. The topological polar surface area (TPSA) is 75.9 Å². The van der Waals surface area contributed by atoms with Crippen LogP contribution in [0.25, 0.3) is 0 Å². The molecule has 0 bridgehead atoms. The zero-order valence-corrected chi connectivity index (χ0v) is 16.2. The number of nitro benzene ring substituents is 1. The molecule has 1 saturated heterocycles. The van der Waals surface area contributed by atoms with Gasteiger partial charge >= 0.3 is 0 Å². The molecule has 2 aromatic rings. The third-order valence-electron chi connectivity index (χ3n) is 4.22. The van der Waals surface area contributed by atoms with Gasteiger partial charge in [-0.25, -0.2) is 0 Å². The van der Waals surface area contributed by atoms with E-state index in [-0.39, 0.29) is 18.2 Å². The van der Waals surface area contributed by atoms with Crippen molar-refractivity contribution in [3.05, 3.63) is 62.2 Å². The molecule has 1 amide bonds. The van der Waals surface area contributed by atoms with Crippen LogP contribution in [0, 0.1) is 13.7 Å². The Bertz CT molecular complexity index is 789. The number of amides is 1. The fraction of sp³-hybridized carbons (Fsp3) is 0.278. The molecular formula is C18H18IN3O4. The van der Waals surface area contributed by atoms with Crippen molar-refractivity contribution in [2.24, 2.45) is 0 Å². The summed E-state index contributed by atoms with van der Waals surface area (Å²) in [5.74, 6) is 0.655. The Kier molecular flexibility index (Phi) is 5.92. The van der Waals surface area contributed by atoms with Crippen LogP contribution in [0.5, 0.6) is 5.75 Å². The molecule has 136 valence electrons. The number of benzene rings is 2. The number of rotatable bonds is 5. The van der Waals surface area contributed by atoms with Crippen molar-refractivity contribution in [1.29, 1.82) is 0 Å². The van der Waals surface area contributed by atoms with Gasteiger partial charge in [-0.15, -0.1) is 0 Å². The molecule has 1 heterocycles. The number of non-ortho nitro benzene ring substituents is 1. The molecule has 0 N–H and O–H groups in total. The lowest BCUT2D eigenvalue weighted by Gasteiger charge is -2.36. The molecule has 26 heavy (non-hydrogen) atoms. The molecule has 0 radical (unpaired) electrons. The van der Waals surface area contributed by atoms with Gasteiger partial charge in [-0.1, -0.05) is 6.07 Å². The number of nitrogens with zero attached hydrogens (tertiary/aromatic N) is 3. The number of halogens is 1. The summed E-state index contributed by atoms with van der Waals surface area (Å²) < 4.78 is 6.63. The van der Waals surface area contributed by atoms with Gasteiger partial charge in [-0.2, -0.15) is 0 Å². The number of hydrogen-bond acceptors (Lipinski definition) is 5. The lowest BCUT2D eigenvalue weighted by Crippen LogP contribution is -2.50. The Labute approximate surface area is 164 Å². The molecule has 2 aromatic carbocycles. The highest BCUT2D eigenvalue weighted by Crippen LogP contribution is 2.21. The predicted molar refractivity (Wildman–Crippen MR) is 107 cm³/mol. The van der Waals surface area contributed by atoms with Gasteiger partial charge in [0.25, 0.3) is 11.6 Å². The molecule has 1 aliphatic heterocycles. The highest BCUT2D eigenvalue weighted by atomic mass is 127. The number of nitro groups is 1. The first-order chi connectivity index (χ1) is 12.5. The summed E-state index contributed by atoms with van der Waals surface area (Å²) in [7, 11) is 0. The van der Waals surface area contributed by atoms with Crippen molar-refractivity contribution in [1.82, 2.24) is 4.90 Å². The van der Waals surface area contributed by atoms with Gasteiger partial charge in [0.1, 0.15) is 5.75 Å². The van der Waals surface area contributed by atoms with Gasteiger partial charge in [-0.05, 0) is 52.9 Å². The third-order valence-corrected chi connectivity index (χ3v) is 4.89. The van der Waals surface area contributed by atoms with Gasteiger partial charge in [0.05, 0.1) is 4.92 Å². The first kappa shape index (κ1) is 18.4. The van der Waals surface area contributed by atoms with E-state index in [1.165, 1.54) is 12.1 Å². The lowest BCUT2D eigenvalue weighted by molar-refractivity contribution is -0.384. The summed E-state index contributed by atoms with van der Waals surface area (Å²) in [6, 6.07) is 14.1. The monoisotopic (exact) mass is 467 g/mol. The summed E-state index contributed by atoms with van der Waals surface area (Å²) in [5, 5.41) is 10.7. The van der Waals surface area contributed by atoms with Crippen molar-refractivity contribution >= 4 is 39.9 Å². The van der Waals surface area contributed by atoms with Crippen LogP contribution in [0.4, 0.5) is 11.4 Å². The van der Waals surface area contributed by atoms with Gasteiger partial charge in [0.15, 0.2) is 6.61 Å². The molecule has 0 spiro atoms. The first-order valence-electron chi connectivity index (χ1n) is 8.18. The summed E-state index contributed by atoms with van der Waals surface area (Å²) in [6.07, 6.45) is 0. The van der Waals surface area contributed by atoms with Gasteiger partial charge in [0, 0.05) is 47.6 Å². The smallest absolute Gasteiger partial charge is 0.269 e. The number of carbonyl (C=O) groups excluding carboxylic acids is 1. The van der Waals surface area contributed by atoms with Gasteiger partial charge in [-0.3, -0.25) is 14.9 Å². The Morgan fingerprint density at radius 1 is 1.12 bits per heavy atom. The first-order valence-corrected chi connectivity index (χ1v) is 9.26. The Morgan fingerprint density at radius 2 is 1.81 bits per heavy atom. The van der Waals surface area contributed by atoms with E-state index in [0.29, 0.717) is 31.9 Å². The summed E-state index contributed by atoms with van der Waals surface area (Å²) >= 11 is 2.20. The molecule has 0 unspecified atom stereocenters. The minimum atomic E-state index is -0.409. The molecule has 0 atom stereocenters. The molecule has 3 rings (SSSR count). The zero-order chi connectivity index (χ0) is 18.5. The summed E-state index contributed by atoms with van der Waals surface area (Å²) in [6.45, 7) is 2.61. The van der Waals surface area contributed by atoms with E-state index < -0.39 is 4.92 Å². The van der Waals surface area contributed by atoms with E-state index in [1.807, 2.05) is 24.3 Å². The molecule has 7 nitrogen and oxygen atoms in total. The average molecular weight is 467 g/mol.